The van der Waals surface area contributed by atoms with Crippen LogP contribution in [0.25, 0.3) is 11.3 Å². The molecule has 30 heavy (non-hydrogen) atoms. The normalized spacial score (nSPS) is 12.5. The number of nitrogens with zero attached hydrogens (tertiary/aromatic N) is 2. The van der Waals surface area contributed by atoms with Crippen LogP contribution in [-0.2, 0) is 11.3 Å². The van der Waals surface area contributed by atoms with Gasteiger partial charge in [-0.25, -0.2) is 22.5 Å². The van der Waals surface area contributed by atoms with Gasteiger partial charge in [-0.2, -0.15) is 0 Å². The van der Waals surface area contributed by atoms with Gasteiger partial charge in [-0.05, 0) is 36.4 Å². The number of carbonyl (C=O) groups excluding carboxylic acids is 1. The second kappa shape index (κ2) is 7.81. The van der Waals surface area contributed by atoms with Gasteiger partial charge < -0.3 is 10.2 Å². The number of hydrogen-bond donors (Lipinski definition) is 2. The largest absolute Gasteiger partial charge is 0.422 e. The molecule has 0 radical (unpaired) electrons. The Bertz CT molecular complexity index is 1140. The van der Waals surface area contributed by atoms with E-state index in [-0.39, 0.29) is 40.7 Å². The van der Waals surface area contributed by atoms with Gasteiger partial charge in [-0.1, -0.05) is 11.6 Å². The van der Waals surface area contributed by atoms with Crippen LogP contribution >= 0.6 is 11.6 Å². The van der Waals surface area contributed by atoms with Crippen molar-refractivity contribution in [3.05, 3.63) is 70.3 Å². The van der Waals surface area contributed by atoms with Crippen molar-refractivity contribution < 1.29 is 27.1 Å². The highest BCUT2D eigenvalue weighted by molar-refractivity contribution is 6.31. The standard InChI is InChI=1S/C19H11ClF4N4O2/c20-17-10(11(21)1-2-12(17)22)7-28-19-16(26-27-28)4-3-15(25-19)9-5-13(23)18(30-8-29)14(24)6-9/h1-6,8,26-27H,7H2. The van der Waals surface area contributed by atoms with Crippen molar-refractivity contribution in [1.82, 2.24) is 10.5 Å². The van der Waals surface area contributed by atoms with Crippen LogP contribution in [0.1, 0.15) is 5.56 Å². The molecule has 2 aromatic carbocycles. The number of pyridine rings is 1. The Balaban J connectivity index is 1.69. The summed E-state index contributed by atoms with van der Waals surface area (Å²) in [6.45, 7) is -0.269. The van der Waals surface area contributed by atoms with Gasteiger partial charge in [-0.15, -0.1) is 5.53 Å². The summed E-state index contributed by atoms with van der Waals surface area (Å²) in [4.78, 5) is 14.7. The maximum atomic E-state index is 14.1. The molecule has 11 heteroatoms. The van der Waals surface area contributed by atoms with Crippen molar-refractivity contribution >= 4 is 29.6 Å². The Hall–Kier alpha value is -3.37. The quantitative estimate of drug-likeness (QED) is 0.351. The summed E-state index contributed by atoms with van der Waals surface area (Å²) in [6, 6.07) is 6.88. The first-order valence-electron chi connectivity index (χ1n) is 8.41. The zero-order valence-corrected chi connectivity index (χ0v) is 15.6. The summed E-state index contributed by atoms with van der Waals surface area (Å²) in [6.07, 6.45) is 0. The number of hydrazine groups is 2. The molecule has 0 amide bonds. The first-order chi connectivity index (χ1) is 14.4. The van der Waals surface area contributed by atoms with Crippen LogP contribution in [0.4, 0.5) is 29.1 Å². The van der Waals surface area contributed by atoms with E-state index in [2.05, 4.69) is 20.7 Å². The van der Waals surface area contributed by atoms with E-state index in [1.54, 1.807) is 6.07 Å². The second-order valence-corrected chi connectivity index (χ2v) is 6.57. The van der Waals surface area contributed by atoms with E-state index in [4.69, 9.17) is 11.6 Å². The van der Waals surface area contributed by atoms with E-state index < -0.39 is 29.0 Å². The number of ether oxygens (including phenoxy) is 1. The molecule has 0 saturated heterocycles. The van der Waals surface area contributed by atoms with Crippen LogP contribution in [0, 0.1) is 23.3 Å². The smallest absolute Gasteiger partial charge is 0.298 e. The Kier molecular flexibility index (Phi) is 5.18. The Morgan fingerprint density at radius 1 is 1.03 bits per heavy atom. The van der Waals surface area contributed by atoms with Crippen LogP contribution < -0.4 is 20.7 Å². The van der Waals surface area contributed by atoms with Crippen LogP contribution in [0.5, 0.6) is 5.75 Å². The van der Waals surface area contributed by atoms with Crippen molar-refractivity contribution in [3.63, 3.8) is 0 Å². The maximum Gasteiger partial charge on any atom is 0.298 e. The van der Waals surface area contributed by atoms with Gasteiger partial charge in [0.25, 0.3) is 6.47 Å². The molecule has 4 rings (SSSR count). The molecule has 1 aliphatic heterocycles. The lowest BCUT2D eigenvalue weighted by atomic mass is 10.1. The topological polar surface area (TPSA) is 66.5 Å². The number of hydrogen-bond acceptors (Lipinski definition) is 6. The number of nitrogens with one attached hydrogen (secondary N) is 2. The van der Waals surface area contributed by atoms with Crippen LogP contribution in [0.15, 0.2) is 36.4 Å². The molecule has 0 aliphatic carbocycles. The predicted octanol–water partition coefficient (Wildman–Crippen LogP) is 4.35. The average Bonchev–Trinajstić information content (AvgIpc) is 3.13. The van der Waals surface area contributed by atoms with Crippen LogP contribution in [0.3, 0.4) is 0 Å². The van der Waals surface area contributed by atoms with E-state index in [1.807, 2.05) is 0 Å². The minimum Gasteiger partial charge on any atom is -0.422 e. The van der Waals surface area contributed by atoms with Gasteiger partial charge in [0.2, 0.25) is 5.75 Å². The van der Waals surface area contributed by atoms with E-state index in [0.717, 1.165) is 24.3 Å². The van der Waals surface area contributed by atoms with Crippen molar-refractivity contribution in [2.75, 3.05) is 10.4 Å². The first-order valence-corrected chi connectivity index (χ1v) is 8.79. The molecule has 1 aliphatic rings. The number of fused-ring (bicyclic) bond motifs is 1. The molecule has 6 nitrogen and oxygen atoms in total. The number of carbonyl (C=O) groups is 1. The lowest BCUT2D eigenvalue weighted by Crippen LogP contribution is -2.36. The summed E-state index contributed by atoms with van der Waals surface area (Å²) >= 11 is 5.88. The number of benzene rings is 2. The lowest BCUT2D eigenvalue weighted by molar-refractivity contribution is -0.121. The highest BCUT2D eigenvalue weighted by Crippen LogP contribution is 2.34. The van der Waals surface area contributed by atoms with E-state index in [1.165, 1.54) is 11.1 Å². The third-order valence-corrected chi connectivity index (χ3v) is 4.78. The Morgan fingerprint density at radius 3 is 2.43 bits per heavy atom. The first kappa shape index (κ1) is 19.9. The Labute approximate surface area is 172 Å². The van der Waals surface area contributed by atoms with Gasteiger partial charge in [0, 0.05) is 11.1 Å². The van der Waals surface area contributed by atoms with Crippen molar-refractivity contribution in [2.45, 2.75) is 6.54 Å². The maximum absolute atomic E-state index is 14.1. The summed E-state index contributed by atoms with van der Waals surface area (Å²) < 4.78 is 60.3. The van der Waals surface area contributed by atoms with Crippen molar-refractivity contribution in [2.24, 2.45) is 0 Å². The molecular formula is C19H11ClF4N4O2. The van der Waals surface area contributed by atoms with E-state index in [9.17, 15) is 22.4 Å². The molecule has 2 heterocycles. The fraction of sp³-hybridized carbons (Fsp3) is 0.0526. The molecule has 0 bridgehead atoms. The number of anilines is 2. The summed E-state index contributed by atoms with van der Waals surface area (Å²) in [5, 5.41) is 0.996. The molecule has 1 aromatic heterocycles. The fourth-order valence-corrected chi connectivity index (χ4v) is 3.16. The van der Waals surface area contributed by atoms with Crippen LogP contribution in [-0.4, -0.2) is 11.5 Å². The van der Waals surface area contributed by atoms with Crippen molar-refractivity contribution in [3.8, 4) is 17.0 Å². The van der Waals surface area contributed by atoms with Crippen LogP contribution in [0.2, 0.25) is 5.02 Å². The van der Waals surface area contributed by atoms with Gasteiger partial charge in [0.15, 0.2) is 17.5 Å². The molecule has 0 unspecified atom stereocenters. The predicted molar refractivity (Wildman–Crippen MR) is 101 cm³/mol. The highest BCUT2D eigenvalue weighted by Gasteiger charge is 2.25. The SMILES string of the molecule is O=COc1c(F)cc(-c2ccc3c(n2)N(Cc2c(F)ccc(F)c2Cl)NN3)cc1F. The van der Waals surface area contributed by atoms with E-state index >= 15 is 0 Å². The molecule has 0 saturated carbocycles. The monoisotopic (exact) mass is 438 g/mol. The lowest BCUT2D eigenvalue weighted by Gasteiger charge is -2.18. The zero-order valence-electron chi connectivity index (χ0n) is 14.8. The van der Waals surface area contributed by atoms with Gasteiger partial charge in [-0.3, -0.25) is 9.80 Å². The Morgan fingerprint density at radius 2 is 1.73 bits per heavy atom. The zero-order chi connectivity index (χ0) is 21.4. The number of aromatic nitrogens is 1. The van der Waals surface area contributed by atoms with E-state index in [0.29, 0.717) is 5.69 Å². The minimum absolute atomic E-state index is 0.0767. The molecule has 0 spiro atoms. The molecule has 2 N–H and O–H groups in total. The molecule has 0 atom stereocenters. The highest BCUT2D eigenvalue weighted by atomic mass is 35.5. The third-order valence-electron chi connectivity index (χ3n) is 4.37. The van der Waals surface area contributed by atoms with Gasteiger partial charge >= 0.3 is 0 Å². The molecule has 0 fully saturated rings. The fourth-order valence-electron chi connectivity index (χ4n) is 2.95. The minimum atomic E-state index is -1.08. The summed E-state index contributed by atoms with van der Waals surface area (Å²) in [5.41, 5.74) is 6.19. The average molecular weight is 439 g/mol. The van der Waals surface area contributed by atoms with Gasteiger partial charge in [0.05, 0.1) is 22.9 Å². The number of halogens is 5. The molecule has 3 aromatic rings. The molecular weight excluding hydrogens is 428 g/mol. The van der Waals surface area contributed by atoms with Crippen molar-refractivity contribution in [1.29, 1.82) is 0 Å². The molecule has 154 valence electrons. The second-order valence-electron chi connectivity index (χ2n) is 6.20. The number of rotatable bonds is 5. The summed E-state index contributed by atoms with van der Waals surface area (Å²) in [5.74, 6) is -4.20. The summed E-state index contributed by atoms with van der Waals surface area (Å²) in [7, 11) is 0. The third kappa shape index (κ3) is 3.51. The van der Waals surface area contributed by atoms with Gasteiger partial charge in [0.1, 0.15) is 11.6 Å².